The summed E-state index contributed by atoms with van der Waals surface area (Å²) in [4.78, 5) is 24.0. The first-order chi connectivity index (χ1) is 15.6. The van der Waals surface area contributed by atoms with E-state index in [9.17, 15) is 26.4 Å². The van der Waals surface area contributed by atoms with E-state index in [4.69, 9.17) is 0 Å². The first-order valence-electron chi connectivity index (χ1n) is 9.96. The number of nitrogens with one attached hydrogen (secondary N) is 3. The number of sulfonamides is 2. The quantitative estimate of drug-likeness (QED) is 0.439. The van der Waals surface area contributed by atoms with E-state index in [1.165, 1.54) is 30.3 Å². The molecule has 176 valence electrons. The second kappa shape index (κ2) is 10.3. The molecule has 12 heteroatoms. The molecule has 0 aliphatic carbocycles. The Labute approximate surface area is 192 Å². The Kier molecular flexibility index (Phi) is 7.64. The van der Waals surface area contributed by atoms with Crippen LogP contribution in [-0.4, -0.2) is 59.1 Å². The van der Waals surface area contributed by atoms with Crippen molar-refractivity contribution in [3.63, 3.8) is 0 Å². The third-order valence-electron chi connectivity index (χ3n) is 4.77. The maximum absolute atomic E-state index is 12.7. The number of rotatable bonds is 9. The second-order valence-electron chi connectivity index (χ2n) is 7.26. The summed E-state index contributed by atoms with van der Waals surface area (Å²) in [5.41, 5.74) is 1.24. The standard InChI is InChI=1S/C21H24N4O6S2/c1-2-11-23-32(28,29)15-16-3-7-18(8-4-16)24-21(27)17-5-9-19(10-6-17)33(30,31)25-13-12-22-20(26)14-25/h2-10,23H,1,11-15H2,(H,22,26)(H,24,27). The number of amides is 2. The summed E-state index contributed by atoms with van der Waals surface area (Å²) in [6.07, 6.45) is 1.45. The van der Waals surface area contributed by atoms with Crippen LogP contribution in [0.5, 0.6) is 0 Å². The molecule has 0 bridgehead atoms. The first-order valence-corrected chi connectivity index (χ1v) is 13.1. The largest absolute Gasteiger partial charge is 0.354 e. The molecule has 2 amide bonds. The Bertz CT molecular complexity index is 1240. The Morgan fingerprint density at radius 3 is 2.33 bits per heavy atom. The van der Waals surface area contributed by atoms with Crippen LogP contribution in [0.2, 0.25) is 0 Å². The van der Waals surface area contributed by atoms with Crippen LogP contribution in [-0.2, 0) is 30.6 Å². The third-order valence-corrected chi connectivity index (χ3v) is 7.95. The van der Waals surface area contributed by atoms with Crippen molar-refractivity contribution < 1.29 is 26.4 Å². The predicted molar refractivity (Wildman–Crippen MR) is 123 cm³/mol. The lowest BCUT2D eigenvalue weighted by Crippen LogP contribution is -2.49. The van der Waals surface area contributed by atoms with Crippen molar-refractivity contribution in [3.05, 3.63) is 72.3 Å². The van der Waals surface area contributed by atoms with Gasteiger partial charge in [-0.1, -0.05) is 18.2 Å². The van der Waals surface area contributed by atoms with Crippen LogP contribution in [0.3, 0.4) is 0 Å². The molecule has 1 fully saturated rings. The lowest BCUT2D eigenvalue weighted by atomic mass is 10.2. The molecular formula is C21H24N4O6S2. The van der Waals surface area contributed by atoms with Crippen LogP contribution < -0.4 is 15.4 Å². The molecule has 0 radical (unpaired) electrons. The van der Waals surface area contributed by atoms with E-state index in [2.05, 4.69) is 21.9 Å². The van der Waals surface area contributed by atoms with Gasteiger partial charge in [-0.15, -0.1) is 6.58 Å². The van der Waals surface area contributed by atoms with Gasteiger partial charge in [-0.2, -0.15) is 4.31 Å². The molecule has 2 aromatic carbocycles. The van der Waals surface area contributed by atoms with Crippen molar-refractivity contribution in [3.8, 4) is 0 Å². The summed E-state index contributed by atoms with van der Waals surface area (Å²) in [5.74, 6) is -1.02. The fourth-order valence-electron chi connectivity index (χ4n) is 3.09. The zero-order valence-corrected chi connectivity index (χ0v) is 19.3. The summed E-state index contributed by atoms with van der Waals surface area (Å²) in [7, 11) is -7.33. The van der Waals surface area contributed by atoms with Gasteiger partial charge in [0.15, 0.2) is 0 Å². The number of piperazine rings is 1. The van der Waals surface area contributed by atoms with Gasteiger partial charge in [0.25, 0.3) is 5.91 Å². The molecular weight excluding hydrogens is 468 g/mol. The molecule has 0 saturated carbocycles. The number of hydrogen-bond acceptors (Lipinski definition) is 6. The predicted octanol–water partition coefficient (Wildman–Crippen LogP) is 0.665. The summed E-state index contributed by atoms with van der Waals surface area (Å²) in [6.45, 7) is 3.78. The van der Waals surface area contributed by atoms with E-state index in [0.717, 1.165) is 4.31 Å². The molecule has 33 heavy (non-hydrogen) atoms. The number of anilines is 1. The second-order valence-corrected chi connectivity index (χ2v) is 11.0. The highest BCUT2D eigenvalue weighted by atomic mass is 32.2. The molecule has 2 aromatic rings. The van der Waals surface area contributed by atoms with Crippen molar-refractivity contribution in [2.24, 2.45) is 0 Å². The van der Waals surface area contributed by atoms with Crippen molar-refractivity contribution >= 4 is 37.5 Å². The average Bonchev–Trinajstić information content (AvgIpc) is 2.79. The van der Waals surface area contributed by atoms with E-state index in [-0.39, 0.29) is 48.3 Å². The average molecular weight is 493 g/mol. The molecule has 0 atom stereocenters. The lowest BCUT2D eigenvalue weighted by Gasteiger charge is -2.25. The molecule has 0 aromatic heterocycles. The number of hydrogen-bond donors (Lipinski definition) is 3. The minimum Gasteiger partial charge on any atom is -0.354 e. The van der Waals surface area contributed by atoms with Gasteiger partial charge in [0.1, 0.15) is 0 Å². The van der Waals surface area contributed by atoms with Crippen LogP contribution >= 0.6 is 0 Å². The van der Waals surface area contributed by atoms with Crippen LogP contribution in [0.1, 0.15) is 15.9 Å². The van der Waals surface area contributed by atoms with E-state index < -0.39 is 26.0 Å². The zero-order chi connectivity index (χ0) is 24.1. The highest BCUT2D eigenvalue weighted by Crippen LogP contribution is 2.18. The summed E-state index contributed by atoms with van der Waals surface area (Å²) in [5, 5.41) is 5.25. The smallest absolute Gasteiger partial charge is 0.255 e. The maximum atomic E-state index is 12.7. The number of nitrogens with zero attached hydrogens (tertiary/aromatic N) is 1. The molecule has 3 N–H and O–H groups in total. The molecule has 1 heterocycles. The SMILES string of the molecule is C=CCNS(=O)(=O)Cc1ccc(NC(=O)c2ccc(S(=O)(=O)N3CCNC(=O)C3)cc2)cc1. The third kappa shape index (κ3) is 6.48. The van der Waals surface area contributed by atoms with Crippen LogP contribution in [0.25, 0.3) is 0 Å². The number of benzene rings is 2. The van der Waals surface area contributed by atoms with Gasteiger partial charge in [0, 0.05) is 30.9 Å². The molecule has 1 saturated heterocycles. The van der Waals surface area contributed by atoms with Crippen LogP contribution in [0, 0.1) is 0 Å². The maximum Gasteiger partial charge on any atom is 0.255 e. The fourth-order valence-corrected chi connectivity index (χ4v) is 5.59. The molecule has 1 aliphatic rings. The first kappa shape index (κ1) is 24.6. The van der Waals surface area contributed by atoms with E-state index in [1.807, 2.05) is 0 Å². The lowest BCUT2D eigenvalue weighted by molar-refractivity contribution is -0.122. The van der Waals surface area contributed by atoms with Gasteiger partial charge in [-0.3, -0.25) is 9.59 Å². The Hall–Kier alpha value is -3.06. The van der Waals surface area contributed by atoms with Crippen molar-refractivity contribution in [1.29, 1.82) is 0 Å². The minimum absolute atomic E-state index is 0.00984. The van der Waals surface area contributed by atoms with Gasteiger partial charge in [0.2, 0.25) is 26.0 Å². The summed E-state index contributed by atoms with van der Waals surface area (Å²) >= 11 is 0. The van der Waals surface area contributed by atoms with E-state index in [0.29, 0.717) is 11.3 Å². The highest BCUT2D eigenvalue weighted by Gasteiger charge is 2.29. The number of carbonyl (C=O) groups is 2. The Morgan fingerprint density at radius 1 is 1.06 bits per heavy atom. The van der Waals surface area contributed by atoms with Gasteiger partial charge in [-0.25, -0.2) is 21.6 Å². The zero-order valence-electron chi connectivity index (χ0n) is 17.7. The normalized spacial score (nSPS) is 15.0. The van der Waals surface area contributed by atoms with Gasteiger partial charge in [-0.05, 0) is 42.0 Å². The summed E-state index contributed by atoms with van der Waals surface area (Å²) in [6, 6.07) is 11.8. The molecule has 3 rings (SSSR count). The van der Waals surface area contributed by atoms with Crippen molar-refractivity contribution in [1.82, 2.24) is 14.3 Å². The van der Waals surface area contributed by atoms with Crippen molar-refractivity contribution in [2.45, 2.75) is 10.6 Å². The van der Waals surface area contributed by atoms with Gasteiger partial charge in [0.05, 0.1) is 17.2 Å². The van der Waals surface area contributed by atoms with Crippen molar-refractivity contribution in [2.75, 3.05) is 31.5 Å². The fraction of sp³-hybridized carbons (Fsp3) is 0.238. The molecule has 0 unspecified atom stereocenters. The van der Waals surface area contributed by atoms with E-state index in [1.54, 1.807) is 24.3 Å². The number of carbonyl (C=O) groups excluding carboxylic acids is 2. The molecule has 10 nitrogen and oxygen atoms in total. The van der Waals surface area contributed by atoms with Crippen LogP contribution in [0.15, 0.2) is 66.1 Å². The summed E-state index contributed by atoms with van der Waals surface area (Å²) < 4.78 is 52.7. The van der Waals surface area contributed by atoms with Gasteiger partial charge >= 0.3 is 0 Å². The highest BCUT2D eigenvalue weighted by molar-refractivity contribution is 7.89. The Balaban J connectivity index is 1.64. The topological polar surface area (TPSA) is 142 Å². The van der Waals surface area contributed by atoms with Gasteiger partial charge < -0.3 is 10.6 Å². The molecule has 0 spiro atoms. The van der Waals surface area contributed by atoms with Crippen LogP contribution in [0.4, 0.5) is 5.69 Å². The molecule has 1 aliphatic heterocycles. The monoisotopic (exact) mass is 492 g/mol. The Morgan fingerprint density at radius 2 is 1.73 bits per heavy atom. The van der Waals surface area contributed by atoms with E-state index >= 15 is 0 Å². The minimum atomic E-state index is -3.84.